The molecule has 174 valence electrons. The van der Waals surface area contributed by atoms with Crippen LogP contribution in [0.1, 0.15) is 67.3 Å². The first kappa shape index (κ1) is 21.6. The third-order valence-corrected chi connectivity index (χ3v) is 8.03. The SMILES string of the molecule is O=C(O)C1CCCN1C(=O)c1ccc(OCC23CC4CC(CC(C4)C2)C3)c(C(F)(F)F)c1. The van der Waals surface area contributed by atoms with E-state index >= 15 is 0 Å². The molecule has 1 unspecified atom stereocenters. The monoisotopic (exact) mass is 451 g/mol. The van der Waals surface area contributed by atoms with Gasteiger partial charge in [0.15, 0.2) is 0 Å². The quantitative estimate of drug-likeness (QED) is 0.685. The van der Waals surface area contributed by atoms with E-state index in [0.29, 0.717) is 30.6 Å². The van der Waals surface area contributed by atoms with Crippen molar-refractivity contribution in [3.63, 3.8) is 0 Å². The molecule has 5 fully saturated rings. The average Bonchev–Trinajstić information content (AvgIpc) is 3.20. The summed E-state index contributed by atoms with van der Waals surface area (Å²) < 4.78 is 47.4. The van der Waals surface area contributed by atoms with E-state index in [4.69, 9.17) is 4.74 Å². The van der Waals surface area contributed by atoms with Crippen LogP contribution < -0.4 is 4.74 Å². The van der Waals surface area contributed by atoms with E-state index in [1.807, 2.05) is 0 Å². The second-order valence-corrected chi connectivity index (χ2v) is 10.4. The number of carboxylic acids is 1. The Morgan fingerprint density at radius 1 is 1.09 bits per heavy atom. The van der Waals surface area contributed by atoms with Crippen molar-refractivity contribution in [3.8, 4) is 5.75 Å². The van der Waals surface area contributed by atoms with E-state index < -0.39 is 29.7 Å². The maximum absolute atomic E-state index is 13.9. The van der Waals surface area contributed by atoms with Crippen molar-refractivity contribution in [2.24, 2.45) is 23.2 Å². The smallest absolute Gasteiger partial charge is 0.419 e. The van der Waals surface area contributed by atoms with Gasteiger partial charge >= 0.3 is 12.1 Å². The number of alkyl halides is 3. The standard InChI is InChI=1S/C24H28F3NO4/c25-24(26,27)18-9-17(21(29)28-5-1-2-19(28)22(30)31)3-4-20(18)32-13-23-10-14-6-15(11-23)8-16(7-14)12-23/h3-4,9,14-16,19H,1-2,5-8,10-13H2,(H,30,31). The highest BCUT2D eigenvalue weighted by Gasteiger charge is 2.51. The van der Waals surface area contributed by atoms with E-state index in [0.717, 1.165) is 30.2 Å². The van der Waals surface area contributed by atoms with Crippen molar-refractivity contribution in [2.75, 3.05) is 13.2 Å². The second-order valence-electron chi connectivity index (χ2n) is 10.4. The van der Waals surface area contributed by atoms with Gasteiger partial charge in [-0.3, -0.25) is 4.79 Å². The van der Waals surface area contributed by atoms with Crippen molar-refractivity contribution in [3.05, 3.63) is 29.3 Å². The zero-order valence-corrected chi connectivity index (χ0v) is 17.9. The Morgan fingerprint density at radius 3 is 2.28 bits per heavy atom. The van der Waals surface area contributed by atoms with Crippen LogP contribution >= 0.6 is 0 Å². The average molecular weight is 451 g/mol. The van der Waals surface area contributed by atoms with Crippen LogP contribution in [0.2, 0.25) is 0 Å². The van der Waals surface area contributed by atoms with Gasteiger partial charge in [0.05, 0.1) is 12.2 Å². The number of carbonyl (C=O) groups is 2. The molecule has 6 rings (SSSR count). The van der Waals surface area contributed by atoms with E-state index in [9.17, 15) is 27.9 Å². The zero-order valence-electron chi connectivity index (χ0n) is 17.9. The maximum atomic E-state index is 13.9. The third-order valence-electron chi connectivity index (χ3n) is 8.03. The van der Waals surface area contributed by atoms with Crippen LogP contribution in [0.15, 0.2) is 18.2 Å². The molecule has 5 nitrogen and oxygen atoms in total. The van der Waals surface area contributed by atoms with Gasteiger partial charge in [0, 0.05) is 17.5 Å². The molecule has 1 saturated heterocycles. The molecular weight excluding hydrogens is 423 g/mol. The number of ether oxygens (including phenoxy) is 1. The van der Waals surface area contributed by atoms with E-state index in [1.54, 1.807) is 0 Å². The molecule has 8 heteroatoms. The number of benzene rings is 1. The van der Waals surface area contributed by atoms with Crippen LogP contribution in [-0.2, 0) is 11.0 Å². The maximum Gasteiger partial charge on any atom is 0.419 e. The molecule has 1 heterocycles. The van der Waals surface area contributed by atoms with Gasteiger partial charge in [0.1, 0.15) is 11.8 Å². The van der Waals surface area contributed by atoms with Crippen LogP contribution in [0, 0.1) is 23.2 Å². The molecule has 1 N–H and O–H groups in total. The molecule has 1 aromatic carbocycles. The minimum absolute atomic E-state index is 0.0314. The van der Waals surface area contributed by atoms with Gasteiger partial charge in [-0.1, -0.05) is 0 Å². The molecule has 4 saturated carbocycles. The highest BCUT2D eigenvalue weighted by Crippen LogP contribution is 2.60. The third kappa shape index (κ3) is 3.86. The Kier molecular flexibility index (Phi) is 5.17. The number of likely N-dealkylation sites (tertiary alicyclic amines) is 1. The number of carboxylic acid groups (broad SMARTS) is 1. The fraction of sp³-hybridized carbons (Fsp3) is 0.667. The first-order chi connectivity index (χ1) is 15.1. The molecule has 5 aliphatic rings. The summed E-state index contributed by atoms with van der Waals surface area (Å²) in [5.74, 6) is -0.0461. The highest BCUT2D eigenvalue weighted by molar-refractivity contribution is 5.97. The summed E-state index contributed by atoms with van der Waals surface area (Å²) in [4.78, 5) is 25.3. The fourth-order valence-corrected chi connectivity index (χ4v) is 7.14. The lowest BCUT2D eigenvalue weighted by Gasteiger charge is -2.56. The lowest BCUT2D eigenvalue weighted by molar-refractivity contribution is -0.142. The van der Waals surface area contributed by atoms with Crippen molar-refractivity contribution in [1.82, 2.24) is 4.90 Å². The molecular formula is C24H28F3NO4. The Hall–Kier alpha value is -2.25. The Bertz CT molecular complexity index is 893. The molecule has 1 aromatic rings. The van der Waals surface area contributed by atoms with Gasteiger partial charge in [0.25, 0.3) is 5.91 Å². The van der Waals surface area contributed by atoms with Crippen molar-refractivity contribution in [1.29, 1.82) is 0 Å². The molecule has 1 amide bonds. The largest absolute Gasteiger partial charge is 0.492 e. The van der Waals surface area contributed by atoms with E-state index in [1.165, 1.54) is 31.4 Å². The Labute approximate surface area is 184 Å². The molecule has 0 radical (unpaired) electrons. The van der Waals surface area contributed by atoms with Gasteiger partial charge < -0.3 is 14.7 Å². The number of rotatable bonds is 5. The lowest BCUT2D eigenvalue weighted by Crippen LogP contribution is -2.48. The Morgan fingerprint density at radius 2 is 1.72 bits per heavy atom. The zero-order chi connectivity index (χ0) is 22.7. The summed E-state index contributed by atoms with van der Waals surface area (Å²) in [6.07, 6.45) is 2.98. The Balaban J connectivity index is 1.36. The second kappa shape index (κ2) is 7.66. The summed E-state index contributed by atoms with van der Waals surface area (Å²) >= 11 is 0. The number of hydrogen-bond donors (Lipinski definition) is 1. The van der Waals surface area contributed by atoms with Crippen LogP contribution in [0.4, 0.5) is 13.2 Å². The topological polar surface area (TPSA) is 66.8 Å². The molecule has 4 aliphatic carbocycles. The number of hydrogen-bond acceptors (Lipinski definition) is 3. The van der Waals surface area contributed by atoms with E-state index in [2.05, 4.69) is 0 Å². The predicted molar refractivity (Wildman–Crippen MR) is 109 cm³/mol. The minimum atomic E-state index is -4.68. The number of carbonyl (C=O) groups excluding carboxylic acids is 1. The summed E-state index contributed by atoms with van der Waals surface area (Å²) in [6.45, 7) is 0.501. The van der Waals surface area contributed by atoms with Gasteiger partial charge in [-0.05, 0) is 87.3 Å². The first-order valence-electron chi connectivity index (χ1n) is 11.5. The number of aliphatic carboxylic acids is 1. The molecule has 0 aromatic heterocycles. The molecule has 1 atom stereocenters. The van der Waals surface area contributed by atoms with Gasteiger partial charge in [-0.15, -0.1) is 0 Å². The lowest BCUT2D eigenvalue weighted by atomic mass is 9.50. The summed E-state index contributed by atoms with van der Waals surface area (Å²) in [5, 5.41) is 9.30. The summed E-state index contributed by atoms with van der Waals surface area (Å²) in [6, 6.07) is 2.37. The molecule has 32 heavy (non-hydrogen) atoms. The number of amides is 1. The molecule has 0 spiro atoms. The molecule has 4 bridgehead atoms. The highest BCUT2D eigenvalue weighted by atomic mass is 19.4. The minimum Gasteiger partial charge on any atom is -0.492 e. The summed E-state index contributed by atoms with van der Waals surface area (Å²) in [5.41, 5.74) is -1.16. The number of nitrogens with zero attached hydrogens (tertiary/aromatic N) is 1. The summed E-state index contributed by atoms with van der Waals surface area (Å²) in [7, 11) is 0. The van der Waals surface area contributed by atoms with Crippen LogP contribution in [-0.4, -0.2) is 41.1 Å². The van der Waals surface area contributed by atoms with Gasteiger partial charge in [0.2, 0.25) is 0 Å². The predicted octanol–water partition coefficient (Wildman–Crippen LogP) is 4.99. The fourth-order valence-electron chi connectivity index (χ4n) is 7.14. The van der Waals surface area contributed by atoms with Crippen molar-refractivity contribution >= 4 is 11.9 Å². The van der Waals surface area contributed by atoms with Crippen LogP contribution in [0.25, 0.3) is 0 Å². The van der Waals surface area contributed by atoms with Crippen molar-refractivity contribution in [2.45, 2.75) is 63.6 Å². The van der Waals surface area contributed by atoms with Gasteiger partial charge in [-0.25, -0.2) is 4.79 Å². The first-order valence-corrected chi connectivity index (χ1v) is 11.5. The van der Waals surface area contributed by atoms with Crippen molar-refractivity contribution < 1.29 is 32.6 Å². The van der Waals surface area contributed by atoms with Gasteiger partial charge in [-0.2, -0.15) is 13.2 Å². The van der Waals surface area contributed by atoms with Crippen LogP contribution in [0.5, 0.6) is 5.75 Å². The normalized spacial score (nSPS) is 33.5. The molecule has 1 aliphatic heterocycles. The van der Waals surface area contributed by atoms with Crippen LogP contribution in [0.3, 0.4) is 0 Å². The number of halogens is 3. The van der Waals surface area contributed by atoms with E-state index in [-0.39, 0.29) is 29.9 Å².